The zero-order chi connectivity index (χ0) is 10.7. The summed E-state index contributed by atoms with van der Waals surface area (Å²) in [6.45, 7) is 3.54. The first-order valence-electron chi connectivity index (χ1n) is 4.48. The van der Waals surface area contributed by atoms with Crippen LogP contribution >= 0.6 is 0 Å². The van der Waals surface area contributed by atoms with Gasteiger partial charge in [-0.3, -0.25) is 0 Å². The Bertz CT molecular complexity index is 339. The van der Waals surface area contributed by atoms with Gasteiger partial charge >= 0.3 is 18.9 Å². The Morgan fingerprint density at radius 1 is 1.40 bits per heavy atom. The molecule has 0 aliphatic carbocycles. The number of carbonyl (C=O) groups is 1. The second kappa shape index (κ2) is 5.94. The van der Waals surface area contributed by atoms with E-state index in [1.165, 1.54) is 18.2 Å². The topological polar surface area (TPSA) is 40.1 Å². The standard InChI is InChI=1S/C11H13FO2.Li/c1-7(2)10(11(13)14)8-4-3-5-9(12)6-8;/h3-7,10H,1-2H3,(H,13,14);/q;+1/p-1. The van der Waals surface area contributed by atoms with Gasteiger partial charge in [0.25, 0.3) is 0 Å². The number of carboxylic acids is 1. The smallest absolute Gasteiger partial charge is 0.549 e. The Labute approximate surface area is 101 Å². The number of rotatable bonds is 3. The largest absolute Gasteiger partial charge is 1.00 e. The summed E-state index contributed by atoms with van der Waals surface area (Å²) in [6.07, 6.45) is 0. The predicted octanol–water partition coefficient (Wildman–Crippen LogP) is -1.68. The van der Waals surface area contributed by atoms with Crippen molar-refractivity contribution in [2.75, 3.05) is 0 Å². The van der Waals surface area contributed by atoms with Crippen LogP contribution in [0.4, 0.5) is 4.39 Å². The van der Waals surface area contributed by atoms with Crippen molar-refractivity contribution in [3.63, 3.8) is 0 Å². The quantitative estimate of drug-likeness (QED) is 0.549. The number of hydrogen-bond acceptors (Lipinski definition) is 2. The van der Waals surface area contributed by atoms with Gasteiger partial charge in [0.05, 0.1) is 0 Å². The van der Waals surface area contributed by atoms with Gasteiger partial charge in [-0.15, -0.1) is 0 Å². The van der Waals surface area contributed by atoms with Crippen molar-refractivity contribution >= 4 is 5.97 Å². The molecule has 0 fully saturated rings. The van der Waals surface area contributed by atoms with Crippen LogP contribution in [0.1, 0.15) is 25.3 Å². The Hall–Kier alpha value is -0.783. The van der Waals surface area contributed by atoms with Crippen molar-refractivity contribution in [3.8, 4) is 0 Å². The molecule has 0 aliphatic heterocycles. The van der Waals surface area contributed by atoms with E-state index in [1.54, 1.807) is 19.9 Å². The minimum Gasteiger partial charge on any atom is -0.549 e. The van der Waals surface area contributed by atoms with Crippen molar-refractivity contribution < 1.29 is 33.2 Å². The van der Waals surface area contributed by atoms with E-state index in [0.717, 1.165) is 0 Å². The zero-order valence-electron chi connectivity index (χ0n) is 9.16. The van der Waals surface area contributed by atoms with E-state index in [4.69, 9.17) is 0 Å². The molecule has 76 valence electrons. The van der Waals surface area contributed by atoms with Crippen LogP contribution in [0.15, 0.2) is 24.3 Å². The van der Waals surface area contributed by atoms with Gasteiger partial charge in [-0.1, -0.05) is 26.0 Å². The first kappa shape index (κ1) is 14.2. The third kappa shape index (κ3) is 3.69. The third-order valence-corrected chi connectivity index (χ3v) is 2.13. The summed E-state index contributed by atoms with van der Waals surface area (Å²) in [5, 5.41) is 10.8. The molecule has 0 radical (unpaired) electrons. The molecule has 1 aromatic carbocycles. The molecule has 1 rings (SSSR count). The zero-order valence-corrected chi connectivity index (χ0v) is 9.16. The molecule has 2 nitrogen and oxygen atoms in total. The Morgan fingerprint density at radius 2 is 2.00 bits per heavy atom. The predicted molar refractivity (Wildman–Crippen MR) is 49.0 cm³/mol. The van der Waals surface area contributed by atoms with E-state index in [-0.39, 0.29) is 24.8 Å². The van der Waals surface area contributed by atoms with Crippen molar-refractivity contribution in [1.82, 2.24) is 0 Å². The summed E-state index contributed by atoms with van der Waals surface area (Å²) in [4.78, 5) is 10.8. The molecule has 0 heterocycles. The summed E-state index contributed by atoms with van der Waals surface area (Å²) in [7, 11) is 0. The van der Waals surface area contributed by atoms with Crippen LogP contribution in [0.2, 0.25) is 0 Å². The van der Waals surface area contributed by atoms with Crippen molar-refractivity contribution in [2.45, 2.75) is 19.8 Å². The first-order valence-corrected chi connectivity index (χ1v) is 4.48. The average Bonchev–Trinajstić information content (AvgIpc) is 2.02. The third-order valence-electron chi connectivity index (χ3n) is 2.13. The van der Waals surface area contributed by atoms with Gasteiger partial charge < -0.3 is 9.90 Å². The molecule has 0 amide bonds. The van der Waals surface area contributed by atoms with Crippen LogP contribution in [0.3, 0.4) is 0 Å². The molecule has 15 heavy (non-hydrogen) atoms. The molecule has 0 aliphatic rings. The number of hydrogen-bond donors (Lipinski definition) is 0. The van der Waals surface area contributed by atoms with Crippen LogP contribution in [-0.2, 0) is 4.79 Å². The molecule has 4 heteroatoms. The van der Waals surface area contributed by atoms with Gasteiger partial charge in [-0.25, -0.2) is 4.39 Å². The maximum absolute atomic E-state index is 12.8. The van der Waals surface area contributed by atoms with Crippen LogP contribution in [0.5, 0.6) is 0 Å². The molecule has 1 atom stereocenters. The summed E-state index contributed by atoms with van der Waals surface area (Å²) < 4.78 is 12.8. The maximum Gasteiger partial charge on any atom is 1.00 e. The monoisotopic (exact) mass is 202 g/mol. The molecular weight excluding hydrogens is 190 g/mol. The Kier molecular flexibility index (Phi) is 5.63. The van der Waals surface area contributed by atoms with E-state index >= 15 is 0 Å². The summed E-state index contributed by atoms with van der Waals surface area (Å²) in [5.41, 5.74) is 0.458. The Balaban J connectivity index is 0.00000196. The molecule has 0 aromatic heterocycles. The van der Waals surface area contributed by atoms with E-state index in [2.05, 4.69) is 0 Å². The summed E-state index contributed by atoms with van der Waals surface area (Å²) in [5.74, 6) is -2.44. The van der Waals surface area contributed by atoms with E-state index in [0.29, 0.717) is 5.56 Å². The number of halogens is 1. The Morgan fingerprint density at radius 3 is 2.40 bits per heavy atom. The van der Waals surface area contributed by atoms with Crippen molar-refractivity contribution in [3.05, 3.63) is 35.6 Å². The molecule has 0 saturated heterocycles. The van der Waals surface area contributed by atoms with Gasteiger partial charge in [0.15, 0.2) is 0 Å². The average molecular weight is 202 g/mol. The molecule has 1 unspecified atom stereocenters. The molecule has 0 bridgehead atoms. The number of benzene rings is 1. The van der Waals surface area contributed by atoms with Gasteiger partial charge in [0.2, 0.25) is 0 Å². The number of carbonyl (C=O) groups excluding carboxylic acids is 1. The SMILES string of the molecule is CC(C)C(C(=O)[O-])c1cccc(F)c1.[Li+]. The fraction of sp³-hybridized carbons (Fsp3) is 0.364. The van der Waals surface area contributed by atoms with Gasteiger partial charge in [-0.2, -0.15) is 0 Å². The van der Waals surface area contributed by atoms with E-state index in [9.17, 15) is 14.3 Å². The first-order chi connectivity index (χ1) is 6.52. The normalized spacial score (nSPS) is 12.0. The summed E-state index contributed by atoms with van der Waals surface area (Å²) >= 11 is 0. The fourth-order valence-electron chi connectivity index (χ4n) is 1.49. The number of carboxylic acid groups (broad SMARTS) is 1. The van der Waals surface area contributed by atoms with Gasteiger partial charge in [0, 0.05) is 11.9 Å². The van der Waals surface area contributed by atoms with Crippen LogP contribution < -0.4 is 24.0 Å². The van der Waals surface area contributed by atoms with E-state index in [1.807, 2.05) is 0 Å². The molecule has 0 N–H and O–H groups in total. The van der Waals surface area contributed by atoms with Crippen LogP contribution in [-0.4, -0.2) is 5.97 Å². The second-order valence-corrected chi connectivity index (χ2v) is 3.60. The fourth-order valence-corrected chi connectivity index (χ4v) is 1.49. The molecular formula is C11H12FLiO2. The minimum absolute atomic E-state index is 0. The molecule has 0 spiro atoms. The van der Waals surface area contributed by atoms with E-state index < -0.39 is 17.7 Å². The summed E-state index contributed by atoms with van der Waals surface area (Å²) in [6, 6.07) is 5.63. The maximum atomic E-state index is 12.8. The molecule has 0 saturated carbocycles. The van der Waals surface area contributed by atoms with Crippen LogP contribution in [0.25, 0.3) is 0 Å². The van der Waals surface area contributed by atoms with Gasteiger partial charge in [0.1, 0.15) is 5.82 Å². The van der Waals surface area contributed by atoms with Gasteiger partial charge in [-0.05, 0) is 23.6 Å². The second-order valence-electron chi connectivity index (χ2n) is 3.60. The van der Waals surface area contributed by atoms with Crippen LogP contribution in [0, 0.1) is 11.7 Å². The van der Waals surface area contributed by atoms with Crippen molar-refractivity contribution in [1.29, 1.82) is 0 Å². The number of aliphatic carboxylic acids is 1. The van der Waals surface area contributed by atoms with Crippen molar-refractivity contribution in [2.24, 2.45) is 5.92 Å². The minimum atomic E-state index is -1.16. The molecule has 1 aromatic rings.